The van der Waals surface area contributed by atoms with Crippen LogP contribution >= 0.6 is 0 Å². The van der Waals surface area contributed by atoms with Crippen molar-refractivity contribution in [3.8, 4) is 5.75 Å². The molecule has 3 aromatic heterocycles. The summed E-state index contributed by atoms with van der Waals surface area (Å²) in [6.45, 7) is 0.563. The number of H-pyrrole nitrogens is 1. The Bertz CT molecular complexity index is 1060. The van der Waals surface area contributed by atoms with Gasteiger partial charge in [0.1, 0.15) is 17.9 Å². The van der Waals surface area contributed by atoms with E-state index in [1.807, 2.05) is 18.2 Å². The van der Waals surface area contributed by atoms with Crippen molar-refractivity contribution in [2.24, 2.45) is 0 Å². The van der Waals surface area contributed by atoms with Crippen LogP contribution in [0.4, 0.5) is 5.69 Å². The summed E-state index contributed by atoms with van der Waals surface area (Å²) in [4.78, 5) is 7.93. The number of anilines is 1. The first-order valence-electron chi connectivity index (χ1n) is 8.27. The van der Waals surface area contributed by atoms with Crippen LogP contribution in [0.2, 0.25) is 0 Å². The largest absolute Gasteiger partial charge is 0.497 e. The molecule has 1 fully saturated rings. The summed E-state index contributed by atoms with van der Waals surface area (Å²) in [6.07, 6.45) is 4.04. The highest BCUT2D eigenvalue weighted by atomic mass is 16.5. The number of fused-ring (bicyclic) bond motifs is 2. The smallest absolute Gasteiger partial charge is 0.200 e. The Morgan fingerprint density at radius 3 is 3.08 bits per heavy atom. The number of nitrogens with one attached hydrogen (secondary N) is 2. The first-order chi connectivity index (χ1) is 12.3. The summed E-state index contributed by atoms with van der Waals surface area (Å²) in [7, 11) is 1.66. The number of hydrogen-bond donors (Lipinski definition) is 2. The summed E-state index contributed by atoms with van der Waals surface area (Å²) < 4.78 is 6.99. The third-order valence-electron chi connectivity index (χ3n) is 4.47. The highest BCUT2D eigenvalue weighted by Gasteiger charge is 2.26. The average molecular weight is 335 g/mol. The Balaban J connectivity index is 1.44. The van der Waals surface area contributed by atoms with Gasteiger partial charge >= 0.3 is 0 Å². The summed E-state index contributed by atoms with van der Waals surface area (Å²) in [5.74, 6) is 2.22. The van der Waals surface area contributed by atoms with E-state index >= 15 is 0 Å². The standard InChI is InChI=1S/C17H17N7O/c1-25-11-4-5-12-14(6-11)21-16(20-12)8-18-15-7-13(10-2-3-10)23-24-9-19-22-17(15)24/h4-7,9-10,18H,2-3,8H2,1H3,(H,20,21). The van der Waals surface area contributed by atoms with Gasteiger partial charge in [0.25, 0.3) is 0 Å². The summed E-state index contributed by atoms with van der Waals surface area (Å²) >= 11 is 0. The van der Waals surface area contributed by atoms with Crippen molar-refractivity contribution in [2.45, 2.75) is 25.3 Å². The van der Waals surface area contributed by atoms with Gasteiger partial charge in [-0.2, -0.15) is 9.61 Å². The molecule has 126 valence electrons. The van der Waals surface area contributed by atoms with E-state index in [0.29, 0.717) is 12.5 Å². The van der Waals surface area contributed by atoms with Crippen molar-refractivity contribution in [1.82, 2.24) is 29.8 Å². The number of ether oxygens (including phenoxy) is 1. The molecular weight excluding hydrogens is 318 g/mol. The van der Waals surface area contributed by atoms with Gasteiger partial charge in [-0.05, 0) is 31.0 Å². The second-order valence-corrected chi connectivity index (χ2v) is 6.28. The van der Waals surface area contributed by atoms with E-state index < -0.39 is 0 Å². The first-order valence-corrected chi connectivity index (χ1v) is 8.27. The second-order valence-electron chi connectivity index (χ2n) is 6.28. The minimum Gasteiger partial charge on any atom is -0.497 e. The van der Waals surface area contributed by atoms with E-state index in [1.165, 1.54) is 12.8 Å². The number of benzene rings is 1. The predicted molar refractivity (Wildman–Crippen MR) is 92.7 cm³/mol. The molecule has 3 heterocycles. The zero-order valence-corrected chi connectivity index (χ0v) is 13.7. The summed E-state index contributed by atoms with van der Waals surface area (Å²) in [5, 5.41) is 16.1. The number of nitrogens with zero attached hydrogens (tertiary/aromatic N) is 5. The van der Waals surface area contributed by atoms with Gasteiger partial charge in [-0.15, -0.1) is 10.2 Å². The minimum absolute atomic E-state index is 0.561. The molecule has 0 bridgehead atoms. The molecule has 1 aliphatic rings. The number of aromatic nitrogens is 6. The normalized spacial score (nSPS) is 14.3. The fourth-order valence-corrected chi connectivity index (χ4v) is 2.99. The molecule has 8 nitrogen and oxygen atoms in total. The molecule has 4 aromatic rings. The van der Waals surface area contributed by atoms with Crippen LogP contribution in [0.15, 0.2) is 30.6 Å². The molecule has 0 spiro atoms. The lowest BCUT2D eigenvalue weighted by Gasteiger charge is -2.07. The van der Waals surface area contributed by atoms with Crippen LogP contribution in [-0.4, -0.2) is 36.9 Å². The molecule has 1 aromatic carbocycles. The van der Waals surface area contributed by atoms with Gasteiger partial charge in [-0.25, -0.2) is 4.98 Å². The van der Waals surface area contributed by atoms with Crippen LogP contribution in [0.1, 0.15) is 30.3 Å². The fourth-order valence-electron chi connectivity index (χ4n) is 2.99. The van der Waals surface area contributed by atoms with Crippen LogP contribution in [-0.2, 0) is 6.54 Å². The highest BCUT2D eigenvalue weighted by molar-refractivity contribution is 5.77. The Hall–Kier alpha value is -3.16. The van der Waals surface area contributed by atoms with Crippen LogP contribution < -0.4 is 10.1 Å². The lowest BCUT2D eigenvalue weighted by Crippen LogP contribution is -2.06. The Morgan fingerprint density at radius 1 is 1.32 bits per heavy atom. The molecule has 0 aliphatic heterocycles. The maximum Gasteiger partial charge on any atom is 0.200 e. The molecule has 2 N–H and O–H groups in total. The lowest BCUT2D eigenvalue weighted by molar-refractivity contribution is 0.415. The lowest BCUT2D eigenvalue weighted by atomic mass is 10.2. The van der Waals surface area contributed by atoms with Crippen molar-refractivity contribution in [2.75, 3.05) is 12.4 Å². The molecule has 25 heavy (non-hydrogen) atoms. The molecule has 0 unspecified atom stereocenters. The Labute approximate surface area is 143 Å². The van der Waals surface area contributed by atoms with Crippen LogP contribution in [0.5, 0.6) is 5.75 Å². The highest BCUT2D eigenvalue weighted by Crippen LogP contribution is 2.39. The third-order valence-corrected chi connectivity index (χ3v) is 4.47. The van der Waals surface area contributed by atoms with Gasteiger partial charge in [0.15, 0.2) is 0 Å². The quantitative estimate of drug-likeness (QED) is 0.582. The van der Waals surface area contributed by atoms with E-state index in [-0.39, 0.29) is 0 Å². The monoisotopic (exact) mass is 335 g/mol. The van der Waals surface area contributed by atoms with Gasteiger partial charge in [-0.1, -0.05) is 0 Å². The van der Waals surface area contributed by atoms with Crippen LogP contribution in [0.25, 0.3) is 16.7 Å². The number of methoxy groups -OCH3 is 1. The maximum atomic E-state index is 5.25. The SMILES string of the molecule is COc1ccc2nc(CNc3cc(C4CC4)nn4cnnc34)[nH]c2c1. The Kier molecular flexibility index (Phi) is 3.09. The molecular formula is C17H17N7O. The number of aromatic amines is 1. The zero-order valence-electron chi connectivity index (χ0n) is 13.7. The molecule has 0 atom stereocenters. The summed E-state index contributed by atoms with van der Waals surface area (Å²) in [5.41, 5.74) is 4.61. The van der Waals surface area contributed by atoms with Gasteiger partial charge < -0.3 is 15.0 Å². The first kappa shape index (κ1) is 14.2. The topological polar surface area (TPSA) is 93.0 Å². The van der Waals surface area contributed by atoms with E-state index in [2.05, 4.69) is 36.6 Å². The second kappa shape index (κ2) is 5.44. The fraction of sp³-hybridized carbons (Fsp3) is 0.294. The van der Waals surface area contributed by atoms with Crippen LogP contribution in [0, 0.1) is 0 Å². The number of hydrogen-bond acceptors (Lipinski definition) is 6. The molecule has 1 aliphatic carbocycles. The molecule has 5 rings (SSSR count). The third kappa shape index (κ3) is 2.55. The van der Waals surface area contributed by atoms with E-state index in [9.17, 15) is 0 Å². The molecule has 8 heteroatoms. The molecule has 0 radical (unpaired) electrons. The zero-order chi connectivity index (χ0) is 16.8. The van der Waals surface area contributed by atoms with Crippen molar-refractivity contribution < 1.29 is 4.74 Å². The number of rotatable bonds is 5. The van der Waals surface area contributed by atoms with Gasteiger partial charge in [-0.3, -0.25) is 0 Å². The Morgan fingerprint density at radius 2 is 2.24 bits per heavy atom. The van der Waals surface area contributed by atoms with Crippen molar-refractivity contribution in [3.05, 3.63) is 42.1 Å². The van der Waals surface area contributed by atoms with Crippen molar-refractivity contribution in [3.63, 3.8) is 0 Å². The van der Waals surface area contributed by atoms with Gasteiger partial charge in [0, 0.05) is 12.0 Å². The maximum absolute atomic E-state index is 5.25. The van der Waals surface area contributed by atoms with Crippen LogP contribution in [0.3, 0.4) is 0 Å². The molecule has 1 saturated carbocycles. The molecule has 0 saturated heterocycles. The van der Waals surface area contributed by atoms with Gasteiger partial charge in [0.2, 0.25) is 5.65 Å². The van der Waals surface area contributed by atoms with Gasteiger partial charge in [0.05, 0.1) is 36.1 Å². The van der Waals surface area contributed by atoms with Crippen molar-refractivity contribution >= 4 is 22.4 Å². The van der Waals surface area contributed by atoms with Crippen molar-refractivity contribution in [1.29, 1.82) is 0 Å². The predicted octanol–water partition coefficient (Wildman–Crippen LogP) is 2.50. The van der Waals surface area contributed by atoms with E-state index in [4.69, 9.17) is 4.74 Å². The van der Waals surface area contributed by atoms with E-state index in [0.717, 1.165) is 39.6 Å². The molecule has 0 amide bonds. The minimum atomic E-state index is 0.561. The summed E-state index contributed by atoms with van der Waals surface area (Å²) in [6, 6.07) is 7.88. The average Bonchev–Trinajstić information content (AvgIpc) is 3.24. The number of imidazole rings is 1. The van der Waals surface area contributed by atoms with E-state index in [1.54, 1.807) is 18.0 Å².